The molecule has 0 radical (unpaired) electrons. The lowest BCUT2D eigenvalue weighted by Gasteiger charge is -2.15. The molecule has 0 heterocycles. The molecule has 0 unspecified atom stereocenters. The van der Waals surface area contributed by atoms with Gasteiger partial charge in [-0.1, -0.05) is 29.8 Å². The van der Waals surface area contributed by atoms with E-state index in [1.165, 1.54) is 26.2 Å². The molecule has 0 aromatic heterocycles. The van der Waals surface area contributed by atoms with Crippen LogP contribution in [0.2, 0.25) is 5.02 Å². The van der Waals surface area contributed by atoms with E-state index in [0.29, 0.717) is 17.0 Å². The topological polar surface area (TPSA) is 67.4 Å². The highest BCUT2D eigenvalue weighted by atomic mass is 35.5. The standard InChI is InChI=1S/C18H19ClN2O3/c1-10-6-5-7-11(2)17(10)21-18(23)13-8-14(19)15(20-12(3)22)9-16(13)24-4/h5-9H,1-4H3,(H,20,22)(H,21,23). The fraction of sp³-hybridized carbons (Fsp3) is 0.222. The maximum absolute atomic E-state index is 12.6. The minimum Gasteiger partial charge on any atom is -0.496 e. The third-order valence-electron chi connectivity index (χ3n) is 3.56. The molecule has 0 bridgehead atoms. The maximum atomic E-state index is 12.6. The molecule has 126 valence electrons. The first-order chi connectivity index (χ1) is 11.3. The number of carbonyl (C=O) groups excluding carboxylic acids is 2. The molecule has 2 aromatic rings. The molecule has 0 aliphatic rings. The van der Waals surface area contributed by atoms with Gasteiger partial charge in [0, 0.05) is 18.7 Å². The van der Waals surface area contributed by atoms with Crippen LogP contribution in [0.1, 0.15) is 28.4 Å². The number of amides is 2. The van der Waals surface area contributed by atoms with Gasteiger partial charge in [-0.05, 0) is 31.0 Å². The zero-order valence-corrected chi connectivity index (χ0v) is 14.7. The van der Waals surface area contributed by atoms with Gasteiger partial charge < -0.3 is 15.4 Å². The summed E-state index contributed by atoms with van der Waals surface area (Å²) in [4.78, 5) is 23.9. The summed E-state index contributed by atoms with van der Waals surface area (Å²) in [6.07, 6.45) is 0. The SMILES string of the molecule is COc1cc(NC(C)=O)c(Cl)cc1C(=O)Nc1c(C)cccc1C. The van der Waals surface area contributed by atoms with E-state index in [-0.39, 0.29) is 16.8 Å². The molecule has 0 aliphatic carbocycles. The second kappa shape index (κ2) is 7.36. The molecular weight excluding hydrogens is 328 g/mol. The van der Waals surface area contributed by atoms with Crippen molar-refractivity contribution < 1.29 is 14.3 Å². The highest BCUT2D eigenvalue weighted by Crippen LogP contribution is 2.32. The Hall–Kier alpha value is -2.53. The number of halogens is 1. The smallest absolute Gasteiger partial charge is 0.259 e. The van der Waals surface area contributed by atoms with Gasteiger partial charge in [0.1, 0.15) is 5.75 Å². The van der Waals surface area contributed by atoms with Crippen LogP contribution in [0.5, 0.6) is 5.75 Å². The molecule has 0 atom stereocenters. The Morgan fingerprint density at radius 2 is 1.71 bits per heavy atom. The quantitative estimate of drug-likeness (QED) is 0.872. The number of anilines is 2. The first kappa shape index (κ1) is 17.8. The average molecular weight is 347 g/mol. The van der Waals surface area contributed by atoms with Crippen molar-refractivity contribution >= 4 is 34.8 Å². The lowest BCUT2D eigenvalue weighted by atomic mass is 10.1. The zero-order chi connectivity index (χ0) is 17.9. The number of benzene rings is 2. The fourth-order valence-electron chi connectivity index (χ4n) is 2.38. The van der Waals surface area contributed by atoms with Crippen molar-refractivity contribution in [1.29, 1.82) is 0 Å². The van der Waals surface area contributed by atoms with Crippen molar-refractivity contribution in [2.75, 3.05) is 17.7 Å². The van der Waals surface area contributed by atoms with Crippen LogP contribution in [0.15, 0.2) is 30.3 Å². The lowest BCUT2D eigenvalue weighted by molar-refractivity contribution is -0.114. The van der Waals surface area contributed by atoms with E-state index in [1.54, 1.807) is 0 Å². The van der Waals surface area contributed by atoms with E-state index in [2.05, 4.69) is 10.6 Å². The third kappa shape index (κ3) is 3.86. The first-order valence-corrected chi connectivity index (χ1v) is 7.74. The minimum absolute atomic E-state index is 0.258. The molecular formula is C18H19ClN2O3. The number of nitrogens with one attached hydrogen (secondary N) is 2. The van der Waals surface area contributed by atoms with E-state index in [9.17, 15) is 9.59 Å². The summed E-state index contributed by atoms with van der Waals surface area (Å²) < 4.78 is 5.27. The molecule has 0 fully saturated rings. The Kier molecular flexibility index (Phi) is 5.46. The van der Waals surface area contributed by atoms with Crippen LogP contribution in [0.4, 0.5) is 11.4 Å². The Bertz CT molecular complexity index is 783. The van der Waals surface area contributed by atoms with Gasteiger partial charge in [0.25, 0.3) is 5.91 Å². The van der Waals surface area contributed by atoms with Gasteiger partial charge in [-0.15, -0.1) is 0 Å². The monoisotopic (exact) mass is 346 g/mol. The molecule has 0 saturated carbocycles. The Balaban J connectivity index is 2.39. The number of rotatable bonds is 4. The maximum Gasteiger partial charge on any atom is 0.259 e. The van der Waals surface area contributed by atoms with Gasteiger partial charge in [-0.25, -0.2) is 0 Å². The van der Waals surface area contributed by atoms with E-state index in [1.807, 2.05) is 32.0 Å². The molecule has 2 rings (SSSR count). The van der Waals surface area contributed by atoms with Crippen molar-refractivity contribution in [3.05, 3.63) is 52.0 Å². The minimum atomic E-state index is -0.333. The summed E-state index contributed by atoms with van der Waals surface area (Å²) in [6.45, 7) is 5.23. The number of aryl methyl sites for hydroxylation is 2. The van der Waals surface area contributed by atoms with Crippen molar-refractivity contribution in [1.82, 2.24) is 0 Å². The fourth-order valence-corrected chi connectivity index (χ4v) is 2.59. The number of para-hydroxylation sites is 1. The van der Waals surface area contributed by atoms with E-state index in [4.69, 9.17) is 16.3 Å². The number of carbonyl (C=O) groups is 2. The second-order valence-electron chi connectivity index (χ2n) is 5.43. The summed E-state index contributed by atoms with van der Waals surface area (Å²) in [5, 5.41) is 5.75. The van der Waals surface area contributed by atoms with Gasteiger partial charge in [-0.3, -0.25) is 9.59 Å². The highest BCUT2D eigenvalue weighted by Gasteiger charge is 2.18. The predicted octanol–water partition coefficient (Wildman–Crippen LogP) is 4.18. The van der Waals surface area contributed by atoms with Crippen LogP contribution in [-0.4, -0.2) is 18.9 Å². The normalized spacial score (nSPS) is 10.2. The Labute approximate surface area is 146 Å². The molecule has 2 aromatic carbocycles. The Morgan fingerprint density at radius 1 is 1.08 bits per heavy atom. The number of methoxy groups -OCH3 is 1. The van der Waals surface area contributed by atoms with Gasteiger partial charge in [0.2, 0.25) is 5.91 Å². The van der Waals surface area contributed by atoms with Gasteiger partial charge in [-0.2, -0.15) is 0 Å². The predicted molar refractivity (Wildman–Crippen MR) is 96.2 cm³/mol. The zero-order valence-electron chi connectivity index (χ0n) is 14.0. The molecule has 5 nitrogen and oxygen atoms in total. The second-order valence-corrected chi connectivity index (χ2v) is 5.84. The van der Waals surface area contributed by atoms with Gasteiger partial charge in [0.05, 0.1) is 23.4 Å². The molecule has 2 N–H and O–H groups in total. The van der Waals surface area contributed by atoms with E-state index in [0.717, 1.165) is 16.8 Å². The van der Waals surface area contributed by atoms with Crippen molar-refractivity contribution in [3.63, 3.8) is 0 Å². The van der Waals surface area contributed by atoms with E-state index >= 15 is 0 Å². The van der Waals surface area contributed by atoms with E-state index < -0.39 is 0 Å². The molecule has 0 aliphatic heterocycles. The van der Waals surface area contributed by atoms with Crippen molar-refractivity contribution in [3.8, 4) is 5.75 Å². The molecule has 0 spiro atoms. The largest absolute Gasteiger partial charge is 0.496 e. The van der Waals surface area contributed by atoms with Crippen LogP contribution in [-0.2, 0) is 4.79 Å². The number of hydrogen-bond donors (Lipinski definition) is 2. The average Bonchev–Trinajstić information content (AvgIpc) is 2.52. The molecule has 24 heavy (non-hydrogen) atoms. The van der Waals surface area contributed by atoms with Crippen LogP contribution in [0.25, 0.3) is 0 Å². The summed E-state index contributed by atoms with van der Waals surface area (Å²) >= 11 is 6.16. The van der Waals surface area contributed by atoms with Crippen LogP contribution < -0.4 is 15.4 Å². The summed E-state index contributed by atoms with van der Waals surface area (Å²) in [5.74, 6) is -0.265. The van der Waals surface area contributed by atoms with Crippen molar-refractivity contribution in [2.45, 2.75) is 20.8 Å². The summed E-state index contributed by atoms with van der Waals surface area (Å²) in [7, 11) is 1.45. The third-order valence-corrected chi connectivity index (χ3v) is 3.88. The highest BCUT2D eigenvalue weighted by molar-refractivity contribution is 6.34. The van der Waals surface area contributed by atoms with Crippen LogP contribution in [0.3, 0.4) is 0 Å². The summed E-state index contributed by atoms with van der Waals surface area (Å²) in [5.41, 5.74) is 3.36. The summed E-state index contributed by atoms with van der Waals surface area (Å²) in [6, 6.07) is 8.79. The number of hydrogen-bond acceptors (Lipinski definition) is 3. The number of ether oxygens (including phenoxy) is 1. The lowest BCUT2D eigenvalue weighted by Crippen LogP contribution is -2.15. The van der Waals surface area contributed by atoms with Gasteiger partial charge in [0.15, 0.2) is 0 Å². The molecule has 0 saturated heterocycles. The van der Waals surface area contributed by atoms with Gasteiger partial charge >= 0.3 is 0 Å². The molecule has 2 amide bonds. The first-order valence-electron chi connectivity index (χ1n) is 7.36. The van der Waals surface area contributed by atoms with Crippen molar-refractivity contribution in [2.24, 2.45) is 0 Å². The Morgan fingerprint density at radius 3 is 2.25 bits per heavy atom. The molecule has 6 heteroatoms. The van der Waals surface area contributed by atoms with Crippen LogP contribution in [0, 0.1) is 13.8 Å². The van der Waals surface area contributed by atoms with Crippen LogP contribution >= 0.6 is 11.6 Å².